The van der Waals surface area contributed by atoms with Crippen LogP contribution >= 0.6 is 0 Å². The van der Waals surface area contributed by atoms with Crippen molar-refractivity contribution in [2.45, 2.75) is 62.7 Å². The van der Waals surface area contributed by atoms with E-state index in [1.165, 1.54) is 19.2 Å². The van der Waals surface area contributed by atoms with Crippen molar-refractivity contribution in [3.8, 4) is 22.8 Å². The van der Waals surface area contributed by atoms with Crippen LogP contribution in [0.25, 0.3) is 22.3 Å². The minimum atomic E-state index is -0.961. The number of ether oxygens (including phenoxy) is 1. The van der Waals surface area contributed by atoms with Gasteiger partial charge < -0.3 is 20.3 Å². The minimum Gasteiger partial charge on any atom is -0.457 e. The van der Waals surface area contributed by atoms with Gasteiger partial charge in [-0.3, -0.25) is 34.3 Å². The lowest BCUT2D eigenvalue weighted by molar-refractivity contribution is -0.136. The van der Waals surface area contributed by atoms with E-state index in [1.807, 2.05) is 60.7 Å². The van der Waals surface area contributed by atoms with Gasteiger partial charge in [0.05, 0.1) is 22.6 Å². The number of hydrogen-bond donors (Lipinski definition) is 2. The Kier molecular flexibility index (Phi) is 8.92. The van der Waals surface area contributed by atoms with Gasteiger partial charge in [-0.15, -0.1) is 0 Å². The summed E-state index contributed by atoms with van der Waals surface area (Å²) in [5.74, 6) is 1.45. The molecular formula is C45H46N10O5. The van der Waals surface area contributed by atoms with Crippen molar-refractivity contribution in [1.82, 2.24) is 39.8 Å². The molecule has 0 radical (unpaired) electrons. The van der Waals surface area contributed by atoms with Crippen molar-refractivity contribution < 1.29 is 23.9 Å². The Bertz CT molecular complexity index is 2520. The topological polar surface area (TPSA) is 172 Å². The summed E-state index contributed by atoms with van der Waals surface area (Å²) in [6.07, 6.45) is 6.24. The number of nitrogens with two attached hydrogens (primary N) is 1. The molecule has 5 aromatic rings. The highest BCUT2D eigenvalue weighted by Gasteiger charge is 2.48. The number of para-hydroxylation sites is 1. The van der Waals surface area contributed by atoms with Gasteiger partial charge in [0.2, 0.25) is 11.8 Å². The van der Waals surface area contributed by atoms with Gasteiger partial charge in [-0.25, -0.2) is 14.6 Å². The molecule has 0 bridgehead atoms. The molecule has 1 saturated carbocycles. The van der Waals surface area contributed by atoms with Crippen LogP contribution in [0, 0.1) is 11.8 Å². The number of amides is 4. The van der Waals surface area contributed by atoms with Crippen molar-refractivity contribution in [3.63, 3.8) is 0 Å². The summed E-state index contributed by atoms with van der Waals surface area (Å²) >= 11 is 0. The maximum Gasteiger partial charge on any atom is 0.262 e. The van der Waals surface area contributed by atoms with Crippen molar-refractivity contribution in [1.29, 1.82) is 0 Å². The Hall–Kier alpha value is -6.19. The van der Waals surface area contributed by atoms with Crippen LogP contribution in [0.1, 0.15) is 65.3 Å². The number of likely N-dealkylation sites (tertiary alicyclic amines) is 2. The number of nitrogens with zero attached hydrogens (tertiary/aromatic N) is 8. The summed E-state index contributed by atoms with van der Waals surface area (Å²) in [7, 11) is 0. The summed E-state index contributed by atoms with van der Waals surface area (Å²) in [6.45, 7) is 6.05. The first-order valence-electron chi connectivity index (χ1n) is 21.2. The second-order valence-electron chi connectivity index (χ2n) is 17.3. The molecule has 15 nitrogen and oxygen atoms in total. The largest absolute Gasteiger partial charge is 0.457 e. The average molecular weight is 807 g/mol. The number of benzene rings is 3. The Morgan fingerprint density at radius 2 is 1.43 bits per heavy atom. The molecule has 4 saturated heterocycles. The van der Waals surface area contributed by atoms with Gasteiger partial charge in [0.1, 0.15) is 35.4 Å². The minimum absolute atomic E-state index is 0.102. The van der Waals surface area contributed by atoms with E-state index in [9.17, 15) is 19.2 Å². The standard InChI is InChI=1S/C45H46N10O5/c46-41-39-40(26-6-9-34(10-7-26)60-33-4-2-1-3-5-33)50-55(42(39)48-25-47-41)29-14-16-51(17-15-29)31-18-27-21-52(22-28(27)19-31)32-23-53(24-32)30-8-11-35-36(20-30)45(59)54(44(35)58)37-12-13-38(56)49-43(37)57/h1-11,20,25,27-29,31-32,37H,12-19,21-24H2,(H2,46,47,48)(H,49,56,57)/t27-,28+,31?,37?. The molecule has 5 aliphatic heterocycles. The highest BCUT2D eigenvalue weighted by atomic mass is 16.5. The Morgan fingerprint density at radius 3 is 2.17 bits per heavy atom. The SMILES string of the molecule is Nc1ncnc2c1c(-c1ccc(Oc3ccccc3)cc1)nn2C1CCN(C2C[C@@H]3CN(C4CN(c5ccc6c(c5)C(=O)N(C5CCC(=O)NC5=O)C6=O)C4)C[C@@H]3C2)CC1. The zero-order valence-corrected chi connectivity index (χ0v) is 33.2. The molecule has 3 N–H and O–H groups in total. The van der Waals surface area contributed by atoms with Crippen LogP contribution in [0.4, 0.5) is 11.5 Å². The molecule has 60 heavy (non-hydrogen) atoms. The second-order valence-corrected chi connectivity index (χ2v) is 17.3. The predicted octanol–water partition coefficient (Wildman–Crippen LogP) is 4.51. The summed E-state index contributed by atoms with van der Waals surface area (Å²) in [6, 6.07) is 23.4. The van der Waals surface area contributed by atoms with E-state index in [0.29, 0.717) is 40.9 Å². The van der Waals surface area contributed by atoms with Crippen LogP contribution in [0.2, 0.25) is 0 Å². The maximum absolute atomic E-state index is 13.4. The zero-order valence-electron chi connectivity index (χ0n) is 33.2. The molecule has 15 heteroatoms. The Morgan fingerprint density at radius 1 is 0.717 bits per heavy atom. The van der Waals surface area contributed by atoms with Gasteiger partial charge in [-0.2, -0.15) is 5.10 Å². The first-order valence-corrected chi connectivity index (χ1v) is 21.2. The number of carbonyl (C=O) groups excluding carboxylic acids is 4. The third-order valence-electron chi connectivity index (χ3n) is 13.9. The molecule has 1 aliphatic carbocycles. The molecule has 11 rings (SSSR count). The summed E-state index contributed by atoms with van der Waals surface area (Å²) < 4.78 is 8.11. The number of aromatic nitrogens is 4. The maximum atomic E-state index is 13.4. The van der Waals surface area contributed by atoms with Crippen molar-refractivity contribution in [2.24, 2.45) is 11.8 Å². The first-order chi connectivity index (χ1) is 29.3. The van der Waals surface area contributed by atoms with Crippen LogP contribution in [-0.4, -0.2) is 115 Å². The third kappa shape index (κ3) is 6.29. The molecule has 7 heterocycles. The van der Waals surface area contributed by atoms with Gasteiger partial charge in [0, 0.05) is 69.0 Å². The number of hydrogen-bond acceptors (Lipinski definition) is 12. The van der Waals surface area contributed by atoms with Crippen molar-refractivity contribution >= 4 is 46.2 Å². The summed E-state index contributed by atoms with van der Waals surface area (Å²) in [5, 5.41) is 8.20. The molecule has 3 aromatic carbocycles. The number of rotatable bonds is 8. The van der Waals surface area contributed by atoms with E-state index in [4.69, 9.17) is 15.6 Å². The van der Waals surface area contributed by atoms with E-state index in [-0.39, 0.29) is 24.8 Å². The number of nitrogens with one attached hydrogen (secondary N) is 1. The smallest absolute Gasteiger partial charge is 0.262 e. The van der Waals surface area contributed by atoms with Gasteiger partial charge in [-0.1, -0.05) is 18.2 Å². The molecule has 4 amide bonds. The highest BCUT2D eigenvalue weighted by Crippen LogP contribution is 2.44. The van der Waals surface area contributed by atoms with Crippen LogP contribution in [0.3, 0.4) is 0 Å². The van der Waals surface area contributed by atoms with Crippen LogP contribution in [0.15, 0.2) is 79.1 Å². The Balaban J connectivity index is 0.686. The lowest BCUT2D eigenvalue weighted by Gasteiger charge is -2.46. The number of piperidine rings is 2. The number of carbonyl (C=O) groups is 4. The van der Waals surface area contributed by atoms with E-state index in [2.05, 4.69) is 34.7 Å². The molecule has 6 aliphatic rings. The molecule has 0 spiro atoms. The molecule has 2 aromatic heterocycles. The van der Waals surface area contributed by atoms with E-state index < -0.39 is 23.8 Å². The van der Waals surface area contributed by atoms with Crippen LogP contribution in [0.5, 0.6) is 11.5 Å². The van der Waals surface area contributed by atoms with Gasteiger partial charge in [0.15, 0.2) is 5.65 Å². The Labute approximate surface area is 346 Å². The number of fused-ring (bicyclic) bond motifs is 3. The normalized spacial score (nSPS) is 25.2. The fraction of sp³-hybridized carbons (Fsp3) is 0.400. The number of imide groups is 2. The quantitative estimate of drug-likeness (QED) is 0.211. The van der Waals surface area contributed by atoms with Gasteiger partial charge >= 0.3 is 0 Å². The third-order valence-corrected chi connectivity index (χ3v) is 13.9. The van der Waals surface area contributed by atoms with E-state index >= 15 is 0 Å². The number of nitrogen functional groups attached to an aromatic ring is 1. The molecule has 5 fully saturated rings. The molecule has 4 atom stereocenters. The second kappa shape index (κ2) is 14.5. The first kappa shape index (κ1) is 36.9. The van der Waals surface area contributed by atoms with Crippen molar-refractivity contribution in [3.05, 3.63) is 90.3 Å². The summed E-state index contributed by atoms with van der Waals surface area (Å²) in [4.78, 5) is 68.4. The van der Waals surface area contributed by atoms with Gasteiger partial charge in [0.25, 0.3) is 11.8 Å². The molecule has 306 valence electrons. The number of anilines is 2. The summed E-state index contributed by atoms with van der Waals surface area (Å²) in [5.41, 5.74) is 10.5. The van der Waals surface area contributed by atoms with E-state index in [1.54, 1.807) is 12.1 Å². The highest BCUT2D eigenvalue weighted by molar-refractivity contribution is 6.23. The monoisotopic (exact) mass is 806 g/mol. The fourth-order valence-electron chi connectivity index (χ4n) is 10.7. The predicted molar refractivity (Wildman–Crippen MR) is 222 cm³/mol. The lowest BCUT2D eigenvalue weighted by Crippen LogP contribution is -2.59. The van der Waals surface area contributed by atoms with Crippen molar-refractivity contribution in [2.75, 3.05) is 49.9 Å². The van der Waals surface area contributed by atoms with Crippen LogP contribution in [-0.2, 0) is 9.59 Å². The fourth-order valence-corrected chi connectivity index (χ4v) is 10.7. The van der Waals surface area contributed by atoms with Crippen LogP contribution < -0.4 is 20.7 Å². The average Bonchev–Trinajstić information content (AvgIpc) is 3.99. The lowest BCUT2D eigenvalue weighted by atomic mass is 10.0. The zero-order chi connectivity index (χ0) is 40.6. The van der Waals surface area contributed by atoms with Gasteiger partial charge in [-0.05, 0) is 98.5 Å². The molecule has 2 unspecified atom stereocenters. The molecular weight excluding hydrogens is 761 g/mol. The van der Waals surface area contributed by atoms with E-state index in [0.717, 1.165) is 96.5 Å².